The third-order valence-corrected chi connectivity index (χ3v) is 5.64. The lowest BCUT2D eigenvalue weighted by Gasteiger charge is -2.32. The van der Waals surface area contributed by atoms with Gasteiger partial charge in [-0.25, -0.2) is 0 Å². The monoisotopic (exact) mass is 430 g/mol. The van der Waals surface area contributed by atoms with Crippen LogP contribution in [0.4, 0.5) is 0 Å². The Morgan fingerprint density at radius 1 is 0.750 bits per heavy atom. The maximum Gasteiger partial charge on any atom is -0.0104 e. The Hall–Kier alpha value is -2.60. The highest BCUT2D eigenvalue weighted by atomic mass is 14.3. The van der Waals surface area contributed by atoms with Crippen LogP contribution in [0.1, 0.15) is 75.2 Å². The van der Waals surface area contributed by atoms with E-state index in [1.807, 2.05) is 13.0 Å². The summed E-state index contributed by atoms with van der Waals surface area (Å²) >= 11 is 0. The van der Waals surface area contributed by atoms with Gasteiger partial charge in [-0.3, -0.25) is 0 Å². The number of allylic oxidation sites excluding steroid dienone is 19. The van der Waals surface area contributed by atoms with Gasteiger partial charge in [-0.1, -0.05) is 135 Å². The predicted octanol–water partition coefficient (Wildman–Crippen LogP) is 10.3. The Labute approximate surface area is 199 Å². The van der Waals surface area contributed by atoms with Crippen LogP contribution >= 0.6 is 0 Å². The van der Waals surface area contributed by atoms with Crippen LogP contribution in [0.5, 0.6) is 0 Å². The van der Waals surface area contributed by atoms with Crippen molar-refractivity contribution in [1.29, 1.82) is 0 Å². The van der Waals surface area contributed by atoms with Gasteiger partial charge in [0.25, 0.3) is 0 Å². The molecule has 1 aliphatic carbocycles. The second kappa shape index (κ2) is 15.2. The van der Waals surface area contributed by atoms with Gasteiger partial charge in [0.05, 0.1) is 0 Å². The quantitative estimate of drug-likeness (QED) is 0.319. The van der Waals surface area contributed by atoms with E-state index in [9.17, 15) is 0 Å². The van der Waals surface area contributed by atoms with Crippen LogP contribution in [0.15, 0.2) is 119 Å². The van der Waals surface area contributed by atoms with Gasteiger partial charge >= 0.3 is 0 Å². The third kappa shape index (κ3) is 11.7. The molecule has 0 amide bonds. The second-order valence-corrected chi connectivity index (χ2v) is 9.21. The van der Waals surface area contributed by atoms with Gasteiger partial charge in [-0.05, 0) is 64.9 Å². The molecule has 0 fully saturated rings. The fraction of sp³-hybridized carbons (Fsp3) is 0.375. The molecule has 32 heavy (non-hydrogen) atoms. The van der Waals surface area contributed by atoms with Gasteiger partial charge in [0.1, 0.15) is 0 Å². The predicted molar refractivity (Wildman–Crippen MR) is 149 cm³/mol. The molecule has 0 radical (unpaired) electrons. The summed E-state index contributed by atoms with van der Waals surface area (Å²) < 4.78 is 0. The zero-order valence-corrected chi connectivity index (χ0v) is 20.8. The molecule has 174 valence electrons. The zero-order valence-electron chi connectivity index (χ0n) is 20.8. The molecule has 0 heteroatoms. The molecule has 0 aromatic carbocycles. The van der Waals surface area contributed by atoms with Crippen molar-refractivity contribution in [2.75, 3.05) is 0 Å². The highest BCUT2D eigenvalue weighted by Gasteiger charge is 2.26. The smallest absolute Gasteiger partial charge is 0.0104 e. The summed E-state index contributed by atoms with van der Waals surface area (Å²) in [6.45, 7) is 19.2. The molecule has 0 bridgehead atoms. The Balaban J connectivity index is 0.00000961. The molecule has 0 aliphatic heterocycles. The second-order valence-electron chi connectivity index (χ2n) is 9.21. The van der Waals surface area contributed by atoms with Crippen molar-refractivity contribution >= 4 is 0 Å². The van der Waals surface area contributed by atoms with E-state index in [1.165, 1.54) is 41.6 Å². The highest BCUT2D eigenvalue weighted by Crippen LogP contribution is 2.40. The fourth-order valence-corrected chi connectivity index (χ4v) is 3.58. The van der Waals surface area contributed by atoms with Crippen molar-refractivity contribution < 1.29 is 0 Å². The third-order valence-electron chi connectivity index (χ3n) is 5.64. The maximum atomic E-state index is 3.75. The van der Waals surface area contributed by atoms with Crippen molar-refractivity contribution in [2.24, 2.45) is 5.41 Å². The van der Waals surface area contributed by atoms with Crippen molar-refractivity contribution in [2.45, 2.75) is 75.2 Å². The van der Waals surface area contributed by atoms with Crippen molar-refractivity contribution in [3.63, 3.8) is 0 Å². The Morgan fingerprint density at radius 3 is 1.72 bits per heavy atom. The minimum atomic E-state index is 0. The van der Waals surface area contributed by atoms with Crippen molar-refractivity contribution in [3.05, 3.63) is 119 Å². The number of hydrogen-bond donors (Lipinski definition) is 0. The molecule has 0 saturated heterocycles. The first-order valence-electron chi connectivity index (χ1n) is 11.4. The number of rotatable bonds is 9. The topological polar surface area (TPSA) is 0 Å². The van der Waals surface area contributed by atoms with Gasteiger partial charge in [0, 0.05) is 0 Å². The van der Waals surface area contributed by atoms with Crippen LogP contribution in [-0.4, -0.2) is 0 Å². The van der Waals surface area contributed by atoms with E-state index in [2.05, 4.69) is 121 Å². The van der Waals surface area contributed by atoms with Gasteiger partial charge in [-0.2, -0.15) is 0 Å². The Bertz CT molecular complexity index is 880. The molecule has 0 saturated carbocycles. The molecule has 0 atom stereocenters. The summed E-state index contributed by atoms with van der Waals surface area (Å²) in [4.78, 5) is 0. The van der Waals surface area contributed by atoms with Gasteiger partial charge in [-0.15, -0.1) is 0 Å². The number of hydrogen-bond acceptors (Lipinski definition) is 0. The first-order chi connectivity index (χ1) is 14.7. The average Bonchev–Trinajstić information content (AvgIpc) is 2.70. The van der Waals surface area contributed by atoms with Crippen LogP contribution in [0.3, 0.4) is 0 Å². The molecule has 0 unspecified atom stereocenters. The Morgan fingerprint density at radius 2 is 1.22 bits per heavy atom. The molecular formula is C32H46. The van der Waals surface area contributed by atoms with Gasteiger partial charge in [0.15, 0.2) is 0 Å². The summed E-state index contributed by atoms with van der Waals surface area (Å²) in [5, 5.41) is 0. The highest BCUT2D eigenvalue weighted by molar-refractivity contribution is 5.37. The molecule has 0 N–H and O–H groups in total. The lowest BCUT2D eigenvalue weighted by atomic mass is 9.72. The fourth-order valence-electron chi connectivity index (χ4n) is 3.58. The van der Waals surface area contributed by atoms with E-state index < -0.39 is 0 Å². The van der Waals surface area contributed by atoms with E-state index in [1.54, 1.807) is 5.57 Å². The molecule has 0 heterocycles. The Kier molecular flexibility index (Phi) is 14.0. The molecule has 0 nitrogen and oxygen atoms in total. The van der Waals surface area contributed by atoms with Gasteiger partial charge < -0.3 is 0 Å². The van der Waals surface area contributed by atoms with Crippen LogP contribution in [0, 0.1) is 5.41 Å². The normalized spacial score (nSPS) is 19.0. The molecular weight excluding hydrogens is 384 g/mol. The van der Waals surface area contributed by atoms with Crippen LogP contribution in [0.25, 0.3) is 0 Å². The molecule has 0 spiro atoms. The lowest BCUT2D eigenvalue weighted by Crippen LogP contribution is -2.19. The summed E-state index contributed by atoms with van der Waals surface area (Å²) in [5.74, 6) is 0. The largest absolute Gasteiger partial charge is 0.0988 e. The molecule has 0 aromatic rings. The van der Waals surface area contributed by atoms with E-state index in [0.29, 0.717) is 5.41 Å². The summed E-state index contributed by atoms with van der Waals surface area (Å²) in [6, 6.07) is 0. The first-order valence-corrected chi connectivity index (χ1v) is 11.4. The summed E-state index contributed by atoms with van der Waals surface area (Å²) in [5.41, 5.74) is 8.23. The first kappa shape index (κ1) is 29.4. The van der Waals surface area contributed by atoms with E-state index in [-0.39, 0.29) is 7.43 Å². The molecule has 1 aliphatic rings. The minimum absolute atomic E-state index is 0. The van der Waals surface area contributed by atoms with E-state index >= 15 is 0 Å². The summed E-state index contributed by atoms with van der Waals surface area (Å²) in [6.07, 6.45) is 31.3. The summed E-state index contributed by atoms with van der Waals surface area (Å²) in [7, 11) is 0. The lowest BCUT2D eigenvalue weighted by molar-refractivity contribution is 0.377. The van der Waals surface area contributed by atoms with Crippen LogP contribution < -0.4 is 0 Å². The van der Waals surface area contributed by atoms with Crippen LogP contribution in [-0.2, 0) is 0 Å². The SMILES string of the molecule is C.C=C/C(C)=C/C=C/C(C)=C/C=C/C=C(C)/C=C/C=C(C)/C=C/C1=C(C)CCCC1(C)C. The molecule has 1 rings (SSSR count). The zero-order chi connectivity index (χ0) is 23.3. The maximum absolute atomic E-state index is 3.75. The van der Waals surface area contributed by atoms with Crippen LogP contribution in [0.2, 0.25) is 0 Å². The van der Waals surface area contributed by atoms with E-state index in [0.717, 1.165) is 5.57 Å². The van der Waals surface area contributed by atoms with Gasteiger partial charge in [0.2, 0.25) is 0 Å². The molecule has 0 aromatic heterocycles. The van der Waals surface area contributed by atoms with Crippen molar-refractivity contribution in [1.82, 2.24) is 0 Å². The minimum Gasteiger partial charge on any atom is -0.0988 e. The standard InChI is InChI=1S/C31H42.CH4/c1-9-25(2)17-12-18-26(3)15-10-11-16-27(4)19-13-20-28(5)22-23-30-29(6)21-14-24-31(30,7)8;/h9-13,15-20,22-23H,1,14,21,24H2,2-8H3;1H4/b11-10+,18-12+,19-13+,23-22+,25-17+,26-15+,27-16+,28-20+;. The average molecular weight is 431 g/mol. The van der Waals surface area contributed by atoms with Crippen molar-refractivity contribution in [3.8, 4) is 0 Å². The van der Waals surface area contributed by atoms with E-state index in [4.69, 9.17) is 0 Å².